The summed E-state index contributed by atoms with van der Waals surface area (Å²) >= 11 is 3.44. The number of hydrogen-bond donors (Lipinski definition) is 1. The summed E-state index contributed by atoms with van der Waals surface area (Å²) in [6.45, 7) is 4.35. The van der Waals surface area contributed by atoms with E-state index in [1.165, 1.54) is 0 Å². The van der Waals surface area contributed by atoms with E-state index in [9.17, 15) is 0 Å². The Bertz CT molecular complexity index is 500. The van der Waals surface area contributed by atoms with Gasteiger partial charge in [0.15, 0.2) is 0 Å². The molecule has 0 aliphatic carbocycles. The van der Waals surface area contributed by atoms with E-state index in [2.05, 4.69) is 34.8 Å². The standard InChI is InChI=1S/C12H16BrN3/c1-3-8(4-2)11-12(14)16-7-9(13)5-6-10(16)15-11/h5-8H,3-4,14H2,1-2H3. The SMILES string of the molecule is CCC(CC)c1nc2ccc(Br)cn2c1N. The molecular weight excluding hydrogens is 266 g/mol. The van der Waals surface area contributed by atoms with E-state index in [1.807, 2.05) is 22.7 Å². The maximum absolute atomic E-state index is 6.14. The molecule has 16 heavy (non-hydrogen) atoms. The fraction of sp³-hybridized carbons (Fsp3) is 0.417. The first kappa shape index (κ1) is 11.5. The molecule has 0 aliphatic rings. The molecule has 2 aromatic heterocycles. The number of rotatable bonds is 3. The summed E-state index contributed by atoms with van der Waals surface area (Å²) in [6, 6.07) is 3.96. The van der Waals surface area contributed by atoms with Gasteiger partial charge < -0.3 is 5.73 Å². The molecule has 86 valence electrons. The lowest BCUT2D eigenvalue weighted by atomic mass is 10.00. The molecule has 0 saturated heterocycles. The highest BCUT2D eigenvalue weighted by Crippen LogP contribution is 2.28. The van der Waals surface area contributed by atoms with Gasteiger partial charge in [0.2, 0.25) is 0 Å². The Morgan fingerprint density at radius 3 is 2.69 bits per heavy atom. The van der Waals surface area contributed by atoms with Crippen molar-refractivity contribution in [2.45, 2.75) is 32.6 Å². The molecular formula is C12H16BrN3. The summed E-state index contributed by atoms with van der Waals surface area (Å²) < 4.78 is 2.96. The highest BCUT2D eigenvalue weighted by atomic mass is 79.9. The van der Waals surface area contributed by atoms with Crippen LogP contribution in [0.3, 0.4) is 0 Å². The summed E-state index contributed by atoms with van der Waals surface area (Å²) in [5.41, 5.74) is 8.09. The van der Waals surface area contributed by atoms with Crippen LogP contribution in [0.2, 0.25) is 0 Å². The van der Waals surface area contributed by atoms with Crippen molar-refractivity contribution >= 4 is 27.4 Å². The second-order valence-electron chi connectivity index (χ2n) is 3.97. The van der Waals surface area contributed by atoms with Gasteiger partial charge in [0.05, 0.1) is 5.69 Å². The lowest BCUT2D eigenvalue weighted by Gasteiger charge is -2.09. The maximum atomic E-state index is 6.14. The first-order valence-electron chi connectivity index (χ1n) is 5.60. The van der Waals surface area contributed by atoms with Crippen molar-refractivity contribution in [1.29, 1.82) is 0 Å². The molecule has 0 aromatic carbocycles. The van der Waals surface area contributed by atoms with Gasteiger partial charge in [-0.1, -0.05) is 13.8 Å². The van der Waals surface area contributed by atoms with Crippen LogP contribution in [0.15, 0.2) is 22.8 Å². The smallest absolute Gasteiger partial charge is 0.138 e. The van der Waals surface area contributed by atoms with Gasteiger partial charge in [-0.05, 0) is 40.9 Å². The largest absolute Gasteiger partial charge is 0.383 e. The van der Waals surface area contributed by atoms with Crippen molar-refractivity contribution in [3.05, 3.63) is 28.5 Å². The van der Waals surface area contributed by atoms with E-state index in [4.69, 9.17) is 5.73 Å². The van der Waals surface area contributed by atoms with Crippen LogP contribution in [-0.2, 0) is 0 Å². The average Bonchev–Trinajstić information content (AvgIpc) is 2.59. The predicted molar refractivity (Wildman–Crippen MR) is 70.6 cm³/mol. The molecule has 0 spiro atoms. The predicted octanol–water partition coefficient (Wildman–Crippen LogP) is 3.58. The van der Waals surface area contributed by atoms with Crippen LogP contribution >= 0.6 is 15.9 Å². The van der Waals surface area contributed by atoms with Gasteiger partial charge in [-0.15, -0.1) is 0 Å². The Morgan fingerprint density at radius 1 is 1.38 bits per heavy atom. The Balaban J connectivity index is 2.59. The monoisotopic (exact) mass is 281 g/mol. The third-order valence-electron chi connectivity index (χ3n) is 3.02. The number of hydrogen-bond acceptors (Lipinski definition) is 2. The van der Waals surface area contributed by atoms with E-state index in [-0.39, 0.29) is 0 Å². The third-order valence-corrected chi connectivity index (χ3v) is 3.49. The second kappa shape index (κ2) is 4.45. The number of imidazole rings is 1. The number of pyridine rings is 1. The fourth-order valence-electron chi connectivity index (χ4n) is 2.03. The van der Waals surface area contributed by atoms with Crippen molar-refractivity contribution in [3.63, 3.8) is 0 Å². The topological polar surface area (TPSA) is 43.3 Å². The quantitative estimate of drug-likeness (QED) is 0.935. The minimum atomic E-state index is 0.457. The number of nitrogens with zero attached hydrogens (tertiary/aromatic N) is 2. The molecule has 0 bridgehead atoms. The number of nitrogen functional groups attached to an aromatic ring is 1. The third kappa shape index (κ3) is 1.82. The van der Waals surface area contributed by atoms with Gasteiger partial charge in [-0.25, -0.2) is 4.98 Å². The number of halogens is 1. The molecule has 0 fully saturated rings. The minimum Gasteiger partial charge on any atom is -0.383 e. The van der Waals surface area contributed by atoms with Crippen LogP contribution in [0.25, 0.3) is 5.65 Å². The molecule has 0 saturated carbocycles. The Kier molecular flexibility index (Phi) is 3.19. The summed E-state index contributed by atoms with van der Waals surface area (Å²) in [5, 5.41) is 0. The van der Waals surface area contributed by atoms with Gasteiger partial charge in [-0.2, -0.15) is 0 Å². The lowest BCUT2D eigenvalue weighted by Crippen LogP contribution is -2.01. The van der Waals surface area contributed by atoms with Crippen molar-refractivity contribution in [2.75, 3.05) is 5.73 Å². The van der Waals surface area contributed by atoms with Gasteiger partial charge in [0.1, 0.15) is 11.5 Å². The zero-order chi connectivity index (χ0) is 11.7. The molecule has 4 heteroatoms. The Hall–Kier alpha value is -1.03. The molecule has 3 nitrogen and oxygen atoms in total. The Morgan fingerprint density at radius 2 is 2.06 bits per heavy atom. The fourth-order valence-corrected chi connectivity index (χ4v) is 2.37. The van der Waals surface area contributed by atoms with Gasteiger partial charge in [-0.3, -0.25) is 4.40 Å². The maximum Gasteiger partial charge on any atom is 0.138 e. The van der Waals surface area contributed by atoms with Crippen molar-refractivity contribution in [1.82, 2.24) is 9.38 Å². The molecule has 2 aromatic rings. The lowest BCUT2D eigenvalue weighted by molar-refractivity contribution is 0.629. The first-order valence-corrected chi connectivity index (χ1v) is 6.39. The molecule has 2 N–H and O–H groups in total. The van der Waals surface area contributed by atoms with E-state index in [0.717, 1.165) is 34.5 Å². The molecule has 0 amide bonds. The number of fused-ring (bicyclic) bond motifs is 1. The van der Waals surface area contributed by atoms with Crippen LogP contribution in [-0.4, -0.2) is 9.38 Å². The average molecular weight is 282 g/mol. The number of nitrogens with two attached hydrogens (primary N) is 1. The molecule has 0 radical (unpaired) electrons. The van der Waals surface area contributed by atoms with Crippen LogP contribution in [0, 0.1) is 0 Å². The number of aromatic nitrogens is 2. The second-order valence-corrected chi connectivity index (χ2v) is 4.89. The minimum absolute atomic E-state index is 0.457. The van der Waals surface area contributed by atoms with Crippen molar-refractivity contribution in [3.8, 4) is 0 Å². The molecule has 2 rings (SSSR count). The van der Waals surface area contributed by atoms with Crippen LogP contribution in [0.5, 0.6) is 0 Å². The van der Waals surface area contributed by atoms with Crippen molar-refractivity contribution < 1.29 is 0 Å². The van der Waals surface area contributed by atoms with Crippen molar-refractivity contribution in [2.24, 2.45) is 0 Å². The highest BCUT2D eigenvalue weighted by Gasteiger charge is 2.16. The zero-order valence-corrected chi connectivity index (χ0v) is 11.2. The summed E-state index contributed by atoms with van der Waals surface area (Å²) in [4.78, 5) is 4.61. The molecule has 0 unspecified atom stereocenters. The zero-order valence-electron chi connectivity index (χ0n) is 9.57. The molecule has 2 heterocycles. The Labute approximate surface area is 104 Å². The summed E-state index contributed by atoms with van der Waals surface area (Å²) in [5.74, 6) is 1.23. The van der Waals surface area contributed by atoms with E-state index in [1.54, 1.807) is 0 Å². The van der Waals surface area contributed by atoms with E-state index < -0.39 is 0 Å². The van der Waals surface area contributed by atoms with Crippen LogP contribution in [0.4, 0.5) is 5.82 Å². The normalized spacial score (nSPS) is 11.5. The molecule has 0 atom stereocenters. The number of anilines is 1. The highest BCUT2D eigenvalue weighted by molar-refractivity contribution is 9.10. The van der Waals surface area contributed by atoms with Crippen LogP contribution < -0.4 is 5.73 Å². The van der Waals surface area contributed by atoms with Gasteiger partial charge >= 0.3 is 0 Å². The van der Waals surface area contributed by atoms with Gasteiger partial charge in [0, 0.05) is 16.6 Å². The van der Waals surface area contributed by atoms with Gasteiger partial charge in [0.25, 0.3) is 0 Å². The van der Waals surface area contributed by atoms with E-state index >= 15 is 0 Å². The summed E-state index contributed by atoms with van der Waals surface area (Å²) in [6.07, 6.45) is 4.11. The summed E-state index contributed by atoms with van der Waals surface area (Å²) in [7, 11) is 0. The van der Waals surface area contributed by atoms with Crippen LogP contribution in [0.1, 0.15) is 38.3 Å². The van der Waals surface area contributed by atoms with E-state index in [0.29, 0.717) is 5.92 Å². The molecule has 0 aliphatic heterocycles. The first-order chi connectivity index (χ1) is 7.67.